The van der Waals surface area contributed by atoms with Gasteiger partial charge in [-0.3, -0.25) is 0 Å². The van der Waals surface area contributed by atoms with Gasteiger partial charge in [0.15, 0.2) is 0 Å². The molecule has 1 heteroatoms. The third-order valence-electron chi connectivity index (χ3n) is 11.5. The smallest absolute Gasteiger partial charge is 0.0497 e. The predicted octanol–water partition coefficient (Wildman–Crippen LogP) is 12.1. The molecule has 0 aliphatic heterocycles. The van der Waals surface area contributed by atoms with Crippen molar-refractivity contribution in [3.05, 3.63) is 220 Å². The summed E-state index contributed by atoms with van der Waals surface area (Å²) >= 11 is 0. The summed E-state index contributed by atoms with van der Waals surface area (Å²) in [6, 6.07) is 54.1. The van der Waals surface area contributed by atoms with Gasteiger partial charge in [0.25, 0.3) is 0 Å². The van der Waals surface area contributed by atoms with Gasteiger partial charge in [0.2, 0.25) is 0 Å². The second kappa shape index (κ2) is 13.2. The summed E-state index contributed by atoms with van der Waals surface area (Å²) in [5.74, 6) is 0.102. The van der Waals surface area contributed by atoms with Gasteiger partial charge in [0.05, 0.1) is 0 Å². The minimum Gasteiger partial charge on any atom is -0.388 e. The van der Waals surface area contributed by atoms with Crippen LogP contribution in [0.15, 0.2) is 175 Å². The Morgan fingerprint density at radius 1 is 0.647 bits per heavy atom. The maximum Gasteiger partial charge on any atom is 0.0497 e. The van der Waals surface area contributed by atoms with Gasteiger partial charge in [-0.15, -0.1) is 0 Å². The van der Waals surface area contributed by atoms with E-state index < -0.39 is 0 Å². The molecule has 0 heterocycles. The van der Waals surface area contributed by atoms with Gasteiger partial charge in [0.1, 0.15) is 0 Å². The van der Waals surface area contributed by atoms with Crippen LogP contribution < -0.4 is 5.32 Å². The van der Waals surface area contributed by atoms with Crippen LogP contribution >= 0.6 is 0 Å². The van der Waals surface area contributed by atoms with Gasteiger partial charge < -0.3 is 5.32 Å². The largest absolute Gasteiger partial charge is 0.388 e. The SMILES string of the molecule is CN/C(=C\C(c1ccccc1)c1cccc(C2=CC3=C(CC2)c2cc4ccccc4cc2C32C/C=C\CCc3ccccc32)c1)c1ccccc1. The van der Waals surface area contributed by atoms with Crippen LogP contribution in [0.5, 0.6) is 0 Å². The highest BCUT2D eigenvalue weighted by Gasteiger charge is 2.47. The zero-order chi connectivity index (χ0) is 34.2. The minimum absolute atomic E-state index is 0.102. The molecule has 6 aromatic carbocycles. The standard InChI is InChI=1S/C50H43N/c1-51-49(37-20-7-3-8-21-37)34-44(35-16-5-2-6-17-35)42-25-15-24-38(30-42)41-27-28-43-45-31-39-22-10-11-23-40(39)32-48(45)50(47(43)33-41)29-14-4-9-18-36-19-12-13-26-46(36)50/h2-8,10-17,19-26,30-34,44,51H,9,18,27-29H2,1H3/b14-4-,49-34-. The zero-order valence-electron chi connectivity index (χ0n) is 29.3. The van der Waals surface area contributed by atoms with Crippen molar-refractivity contribution in [2.75, 3.05) is 7.05 Å². The molecular formula is C50H43N. The number of nitrogens with one attached hydrogen (secondary N) is 1. The number of allylic oxidation sites excluding steroid dienone is 7. The van der Waals surface area contributed by atoms with Crippen molar-refractivity contribution in [1.82, 2.24) is 5.32 Å². The van der Waals surface area contributed by atoms with E-state index in [2.05, 4.69) is 175 Å². The van der Waals surface area contributed by atoms with E-state index in [0.717, 1.165) is 37.8 Å². The molecule has 9 rings (SSSR count). The van der Waals surface area contributed by atoms with Crippen LogP contribution in [-0.4, -0.2) is 7.05 Å². The molecular weight excluding hydrogens is 615 g/mol. The Bertz CT molecular complexity index is 2370. The van der Waals surface area contributed by atoms with Gasteiger partial charge >= 0.3 is 0 Å². The van der Waals surface area contributed by atoms with Crippen molar-refractivity contribution < 1.29 is 0 Å². The van der Waals surface area contributed by atoms with Gasteiger partial charge in [-0.2, -0.15) is 0 Å². The lowest BCUT2D eigenvalue weighted by Gasteiger charge is -2.37. The molecule has 3 aliphatic rings. The van der Waals surface area contributed by atoms with Crippen molar-refractivity contribution in [1.29, 1.82) is 0 Å². The van der Waals surface area contributed by atoms with Crippen molar-refractivity contribution in [2.24, 2.45) is 0 Å². The summed E-state index contributed by atoms with van der Waals surface area (Å²) in [6.07, 6.45) is 15.1. The van der Waals surface area contributed by atoms with Crippen LogP contribution in [0, 0.1) is 0 Å². The fourth-order valence-corrected chi connectivity index (χ4v) is 9.08. The average Bonchev–Trinajstić information content (AvgIpc) is 3.46. The van der Waals surface area contributed by atoms with Gasteiger partial charge in [-0.05, 0) is 122 Å². The molecule has 2 unspecified atom stereocenters. The van der Waals surface area contributed by atoms with Crippen molar-refractivity contribution >= 4 is 27.6 Å². The molecule has 3 aliphatic carbocycles. The molecule has 0 bridgehead atoms. The van der Waals surface area contributed by atoms with Crippen LogP contribution in [0.4, 0.5) is 0 Å². The van der Waals surface area contributed by atoms with Crippen molar-refractivity contribution in [3.63, 3.8) is 0 Å². The Balaban J connectivity index is 1.21. The molecule has 1 N–H and O–H groups in total. The third-order valence-corrected chi connectivity index (χ3v) is 11.5. The second-order valence-electron chi connectivity index (χ2n) is 14.3. The van der Waals surface area contributed by atoms with Crippen LogP contribution in [0.1, 0.15) is 76.1 Å². The van der Waals surface area contributed by atoms with Crippen molar-refractivity contribution in [3.8, 4) is 0 Å². The Morgan fingerprint density at radius 2 is 1.37 bits per heavy atom. The summed E-state index contributed by atoms with van der Waals surface area (Å²) < 4.78 is 0. The molecule has 0 saturated heterocycles. The summed E-state index contributed by atoms with van der Waals surface area (Å²) in [5.41, 5.74) is 16.4. The molecule has 6 aromatic rings. The maximum absolute atomic E-state index is 3.50. The lowest BCUT2D eigenvalue weighted by atomic mass is 9.65. The van der Waals surface area contributed by atoms with Crippen LogP contribution in [0.2, 0.25) is 0 Å². The normalized spacial score (nSPS) is 19.4. The molecule has 1 spiro atoms. The van der Waals surface area contributed by atoms with Gasteiger partial charge in [-0.25, -0.2) is 0 Å². The van der Waals surface area contributed by atoms with Crippen molar-refractivity contribution in [2.45, 2.75) is 43.4 Å². The van der Waals surface area contributed by atoms with Gasteiger partial charge in [-0.1, -0.05) is 152 Å². The highest BCUT2D eigenvalue weighted by atomic mass is 14.8. The second-order valence-corrected chi connectivity index (χ2v) is 14.3. The molecule has 0 fully saturated rings. The molecule has 1 nitrogen and oxygen atoms in total. The molecule has 0 aromatic heterocycles. The molecule has 0 amide bonds. The Kier molecular flexibility index (Phi) is 8.13. The van der Waals surface area contributed by atoms with Gasteiger partial charge in [0, 0.05) is 24.1 Å². The lowest BCUT2D eigenvalue weighted by molar-refractivity contribution is 0.621. The number of rotatable bonds is 6. The highest BCUT2D eigenvalue weighted by molar-refractivity contribution is 5.96. The van der Waals surface area contributed by atoms with E-state index in [1.165, 1.54) is 72.0 Å². The summed E-state index contributed by atoms with van der Waals surface area (Å²) in [5, 5.41) is 6.15. The predicted molar refractivity (Wildman–Crippen MR) is 216 cm³/mol. The van der Waals surface area contributed by atoms with E-state index in [1.54, 1.807) is 0 Å². The fourth-order valence-electron chi connectivity index (χ4n) is 9.08. The molecule has 248 valence electrons. The van der Waals surface area contributed by atoms with Crippen LogP contribution in [0.25, 0.3) is 27.6 Å². The first kappa shape index (κ1) is 31.3. The fraction of sp³-hybridized carbons (Fsp3) is 0.160. The first-order chi connectivity index (χ1) is 25.2. The van der Waals surface area contributed by atoms with Crippen LogP contribution in [0.3, 0.4) is 0 Å². The summed E-state index contributed by atoms with van der Waals surface area (Å²) in [7, 11) is 2.02. The van der Waals surface area contributed by atoms with E-state index in [1.807, 2.05) is 7.05 Å². The maximum atomic E-state index is 3.50. The van der Waals surface area contributed by atoms with E-state index in [0.29, 0.717) is 0 Å². The Morgan fingerprint density at radius 3 is 2.20 bits per heavy atom. The molecule has 0 radical (unpaired) electrons. The average molecular weight is 658 g/mol. The summed E-state index contributed by atoms with van der Waals surface area (Å²) in [4.78, 5) is 0. The lowest BCUT2D eigenvalue weighted by Crippen LogP contribution is -2.29. The summed E-state index contributed by atoms with van der Waals surface area (Å²) in [6.45, 7) is 0. The third kappa shape index (κ3) is 5.49. The van der Waals surface area contributed by atoms with E-state index in [-0.39, 0.29) is 11.3 Å². The number of hydrogen-bond donors (Lipinski definition) is 1. The quantitative estimate of drug-likeness (QED) is 0.176. The van der Waals surface area contributed by atoms with E-state index >= 15 is 0 Å². The minimum atomic E-state index is -0.210. The van der Waals surface area contributed by atoms with E-state index in [4.69, 9.17) is 0 Å². The number of fused-ring (bicyclic) bond motifs is 7. The molecule has 2 atom stereocenters. The first-order valence-corrected chi connectivity index (χ1v) is 18.5. The Labute approximate surface area is 302 Å². The van der Waals surface area contributed by atoms with Crippen LogP contribution in [-0.2, 0) is 11.8 Å². The zero-order valence-corrected chi connectivity index (χ0v) is 29.3. The molecule has 0 saturated carbocycles. The number of benzene rings is 6. The highest BCUT2D eigenvalue weighted by Crippen LogP contribution is 2.58. The first-order valence-electron chi connectivity index (χ1n) is 18.5. The Hall–Kier alpha value is -5.66. The topological polar surface area (TPSA) is 12.0 Å². The number of hydrogen-bond acceptors (Lipinski definition) is 1. The molecule has 51 heavy (non-hydrogen) atoms. The number of aryl methyl sites for hydroxylation is 1. The van der Waals surface area contributed by atoms with E-state index in [9.17, 15) is 0 Å². The monoisotopic (exact) mass is 657 g/mol.